The first-order chi connectivity index (χ1) is 11.0. The van der Waals surface area contributed by atoms with Gasteiger partial charge in [-0.15, -0.1) is 0 Å². The van der Waals surface area contributed by atoms with Gasteiger partial charge in [-0.1, -0.05) is 36.4 Å². The van der Waals surface area contributed by atoms with Gasteiger partial charge in [0.2, 0.25) is 0 Å². The van der Waals surface area contributed by atoms with Gasteiger partial charge in [0.05, 0.1) is 16.3 Å². The van der Waals surface area contributed by atoms with Crippen LogP contribution >= 0.6 is 0 Å². The van der Waals surface area contributed by atoms with Gasteiger partial charge in [-0.3, -0.25) is 5.10 Å². The van der Waals surface area contributed by atoms with Gasteiger partial charge in [-0.05, 0) is 36.1 Å². The van der Waals surface area contributed by atoms with E-state index in [2.05, 4.69) is 28.4 Å². The highest BCUT2D eigenvalue weighted by Crippen LogP contribution is 2.39. The van der Waals surface area contributed by atoms with Crippen LogP contribution in [0.25, 0.3) is 22.4 Å². The zero-order valence-electron chi connectivity index (χ0n) is 12.7. The van der Waals surface area contributed by atoms with Gasteiger partial charge < -0.3 is 0 Å². The Kier molecular flexibility index (Phi) is 3.13. The minimum Gasteiger partial charge on any atom is -0.277 e. The number of nitrogens with zero attached hydrogens (tertiary/aromatic N) is 1. The van der Waals surface area contributed by atoms with Crippen molar-refractivity contribution in [1.82, 2.24) is 10.2 Å². The minimum absolute atomic E-state index is 0.329. The molecule has 0 bridgehead atoms. The lowest BCUT2D eigenvalue weighted by Gasteiger charge is -2.16. The molecule has 0 unspecified atom stereocenters. The number of aryl methyl sites for hydroxylation is 2. The maximum Gasteiger partial charge on any atom is 0.175 e. The Hall–Kier alpha value is -2.40. The summed E-state index contributed by atoms with van der Waals surface area (Å²) in [6, 6.07) is 15.3. The SMILES string of the molecule is CS(=O)(=O)c1ccc(-c2[nH]nc3c2-c2ccccc2CC3)cc1. The molecule has 3 aromatic rings. The number of H-pyrrole nitrogens is 1. The summed E-state index contributed by atoms with van der Waals surface area (Å²) in [6.45, 7) is 0. The molecule has 2 aromatic carbocycles. The van der Waals surface area contributed by atoms with E-state index in [1.807, 2.05) is 18.2 Å². The monoisotopic (exact) mass is 324 g/mol. The molecular formula is C18H16N2O2S. The highest BCUT2D eigenvalue weighted by Gasteiger charge is 2.22. The van der Waals surface area contributed by atoms with Crippen molar-refractivity contribution in [3.8, 4) is 22.4 Å². The fraction of sp³-hybridized carbons (Fsp3) is 0.167. The third-order valence-corrected chi connectivity index (χ3v) is 5.46. The van der Waals surface area contributed by atoms with Gasteiger partial charge in [0, 0.05) is 17.4 Å². The van der Waals surface area contributed by atoms with Crippen molar-refractivity contribution in [2.45, 2.75) is 17.7 Å². The van der Waals surface area contributed by atoms with Crippen LogP contribution in [-0.4, -0.2) is 24.9 Å². The molecule has 0 amide bonds. The molecule has 1 N–H and O–H groups in total. The summed E-state index contributed by atoms with van der Waals surface area (Å²) in [7, 11) is -3.18. The molecule has 0 radical (unpaired) electrons. The van der Waals surface area contributed by atoms with E-state index in [1.54, 1.807) is 12.1 Å². The van der Waals surface area contributed by atoms with Crippen LogP contribution in [-0.2, 0) is 22.7 Å². The van der Waals surface area contributed by atoms with E-state index in [-0.39, 0.29) is 0 Å². The Morgan fingerprint density at radius 1 is 1.00 bits per heavy atom. The van der Waals surface area contributed by atoms with Crippen molar-refractivity contribution in [3.63, 3.8) is 0 Å². The van der Waals surface area contributed by atoms with Crippen LogP contribution in [0.4, 0.5) is 0 Å². The molecule has 0 saturated carbocycles. The zero-order valence-corrected chi connectivity index (χ0v) is 13.5. The average molecular weight is 324 g/mol. The van der Waals surface area contributed by atoms with Crippen LogP contribution in [0.2, 0.25) is 0 Å². The first kappa shape index (κ1) is 14.2. The van der Waals surface area contributed by atoms with Crippen molar-refractivity contribution < 1.29 is 8.42 Å². The molecule has 0 atom stereocenters. The van der Waals surface area contributed by atoms with Crippen LogP contribution in [0.5, 0.6) is 0 Å². The van der Waals surface area contributed by atoms with Crippen molar-refractivity contribution >= 4 is 9.84 Å². The lowest BCUT2D eigenvalue weighted by atomic mass is 9.87. The number of aromatic nitrogens is 2. The molecule has 1 aromatic heterocycles. The third-order valence-electron chi connectivity index (χ3n) is 4.33. The lowest BCUT2D eigenvalue weighted by molar-refractivity contribution is 0.602. The van der Waals surface area contributed by atoms with E-state index >= 15 is 0 Å². The summed E-state index contributed by atoms with van der Waals surface area (Å²) in [5, 5.41) is 7.59. The fourth-order valence-corrected chi connectivity index (χ4v) is 3.79. The van der Waals surface area contributed by atoms with Crippen LogP contribution in [0.15, 0.2) is 53.4 Å². The molecule has 0 saturated heterocycles. The van der Waals surface area contributed by atoms with Gasteiger partial charge in [0.25, 0.3) is 0 Å². The molecule has 4 rings (SSSR count). The van der Waals surface area contributed by atoms with Crippen LogP contribution in [0.1, 0.15) is 11.3 Å². The van der Waals surface area contributed by atoms with Gasteiger partial charge in [0.15, 0.2) is 9.84 Å². The largest absolute Gasteiger partial charge is 0.277 e. The Balaban J connectivity index is 1.86. The number of aromatic amines is 1. The van der Waals surface area contributed by atoms with Crippen molar-refractivity contribution in [2.75, 3.05) is 6.26 Å². The number of hydrogen-bond donors (Lipinski definition) is 1. The molecule has 4 nitrogen and oxygen atoms in total. The second-order valence-corrected chi connectivity index (χ2v) is 7.89. The van der Waals surface area contributed by atoms with Gasteiger partial charge in [0.1, 0.15) is 0 Å². The van der Waals surface area contributed by atoms with E-state index in [0.717, 1.165) is 35.4 Å². The van der Waals surface area contributed by atoms with Crippen LogP contribution < -0.4 is 0 Å². The van der Waals surface area contributed by atoms with E-state index in [4.69, 9.17) is 0 Å². The van der Waals surface area contributed by atoms with Crippen molar-refractivity contribution in [1.29, 1.82) is 0 Å². The molecule has 0 fully saturated rings. The lowest BCUT2D eigenvalue weighted by Crippen LogP contribution is -2.03. The number of fused-ring (bicyclic) bond motifs is 3. The van der Waals surface area contributed by atoms with E-state index in [1.165, 1.54) is 17.4 Å². The summed E-state index contributed by atoms with van der Waals surface area (Å²) in [5.74, 6) is 0. The molecule has 0 spiro atoms. The number of hydrogen-bond acceptors (Lipinski definition) is 3. The normalized spacial score (nSPS) is 13.4. The molecule has 5 heteroatoms. The Morgan fingerprint density at radius 3 is 2.48 bits per heavy atom. The number of benzene rings is 2. The summed E-state index contributed by atoms with van der Waals surface area (Å²) in [4.78, 5) is 0.329. The van der Waals surface area contributed by atoms with Crippen LogP contribution in [0, 0.1) is 0 Å². The third kappa shape index (κ3) is 2.37. The van der Waals surface area contributed by atoms with Crippen molar-refractivity contribution in [3.05, 3.63) is 59.8 Å². The van der Waals surface area contributed by atoms with E-state index in [0.29, 0.717) is 4.90 Å². The zero-order chi connectivity index (χ0) is 16.0. The molecule has 1 aliphatic rings. The van der Waals surface area contributed by atoms with Gasteiger partial charge in [-0.25, -0.2) is 8.42 Å². The quantitative estimate of drug-likeness (QED) is 0.787. The molecular weight excluding hydrogens is 308 g/mol. The molecule has 1 aliphatic carbocycles. The van der Waals surface area contributed by atoms with Crippen LogP contribution in [0.3, 0.4) is 0 Å². The maximum absolute atomic E-state index is 11.6. The highest BCUT2D eigenvalue weighted by atomic mass is 32.2. The summed E-state index contributed by atoms with van der Waals surface area (Å²) >= 11 is 0. The smallest absolute Gasteiger partial charge is 0.175 e. The summed E-state index contributed by atoms with van der Waals surface area (Å²) in [5.41, 5.74) is 6.65. The van der Waals surface area contributed by atoms with E-state index < -0.39 is 9.84 Å². The number of sulfone groups is 1. The first-order valence-corrected chi connectivity index (χ1v) is 9.39. The number of rotatable bonds is 2. The fourth-order valence-electron chi connectivity index (χ4n) is 3.16. The second kappa shape index (κ2) is 5.06. The predicted molar refractivity (Wildman–Crippen MR) is 90.0 cm³/mol. The first-order valence-electron chi connectivity index (χ1n) is 7.50. The standard InChI is InChI=1S/C18H16N2O2S/c1-23(21,22)14-9-6-13(7-10-14)18-17-15-5-3-2-4-12(15)8-11-16(17)19-20-18/h2-7,9-10H,8,11H2,1H3,(H,19,20). The Labute approximate surface area is 135 Å². The van der Waals surface area contributed by atoms with Crippen molar-refractivity contribution in [2.24, 2.45) is 0 Å². The average Bonchev–Trinajstić information content (AvgIpc) is 2.99. The van der Waals surface area contributed by atoms with E-state index in [9.17, 15) is 8.42 Å². The molecule has 116 valence electrons. The predicted octanol–water partition coefficient (Wildman–Crippen LogP) is 3.25. The topological polar surface area (TPSA) is 62.8 Å². The molecule has 1 heterocycles. The Morgan fingerprint density at radius 2 is 1.74 bits per heavy atom. The molecule has 0 aliphatic heterocycles. The maximum atomic E-state index is 11.6. The highest BCUT2D eigenvalue weighted by molar-refractivity contribution is 7.90. The summed E-state index contributed by atoms with van der Waals surface area (Å²) in [6.07, 6.45) is 3.14. The summed E-state index contributed by atoms with van der Waals surface area (Å²) < 4.78 is 23.2. The van der Waals surface area contributed by atoms with Gasteiger partial charge in [-0.2, -0.15) is 5.10 Å². The van der Waals surface area contributed by atoms with Gasteiger partial charge >= 0.3 is 0 Å². The minimum atomic E-state index is -3.18. The number of nitrogens with one attached hydrogen (secondary N) is 1. The molecule has 23 heavy (non-hydrogen) atoms. The second-order valence-electron chi connectivity index (χ2n) is 5.87. The Bertz CT molecular complexity index is 986.